The van der Waals surface area contributed by atoms with Crippen LogP contribution in [0.5, 0.6) is 0 Å². The summed E-state index contributed by atoms with van der Waals surface area (Å²) >= 11 is 12.0. The molecule has 0 bridgehead atoms. The lowest BCUT2D eigenvalue weighted by molar-refractivity contribution is -0.117. The van der Waals surface area contributed by atoms with E-state index in [0.717, 1.165) is 17.2 Å². The average Bonchev–Trinajstić information content (AvgIpc) is 3.16. The minimum Gasteiger partial charge on any atom is -0.338 e. The number of nitrogens with one attached hydrogen (secondary N) is 1. The number of amides is 1. The first-order valence-electron chi connectivity index (χ1n) is 7.90. The summed E-state index contributed by atoms with van der Waals surface area (Å²) in [5, 5.41) is 8.03. The standard InChI is InChI=1S/C17H18Cl2N6O/c1-10-7-15(23-25(10)11-3-4-12(18)13(19)8-11)22-17(26)14(20)9-16-21-5-6-24(16)2/h3-8,14H,9,20H2,1-2H3,(H,22,23,26). The van der Waals surface area contributed by atoms with Gasteiger partial charge in [-0.25, -0.2) is 9.67 Å². The summed E-state index contributed by atoms with van der Waals surface area (Å²) in [4.78, 5) is 16.5. The van der Waals surface area contributed by atoms with Crippen molar-refractivity contribution in [3.05, 3.63) is 58.2 Å². The number of hydrogen-bond acceptors (Lipinski definition) is 4. The van der Waals surface area contributed by atoms with Gasteiger partial charge in [-0.1, -0.05) is 23.2 Å². The monoisotopic (exact) mass is 392 g/mol. The molecule has 0 aliphatic carbocycles. The maximum Gasteiger partial charge on any atom is 0.242 e. The third-order valence-corrected chi connectivity index (χ3v) is 4.69. The van der Waals surface area contributed by atoms with Crippen molar-refractivity contribution in [3.63, 3.8) is 0 Å². The van der Waals surface area contributed by atoms with Crippen LogP contribution in [0.4, 0.5) is 5.82 Å². The summed E-state index contributed by atoms with van der Waals surface area (Å²) in [5.74, 6) is 0.825. The van der Waals surface area contributed by atoms with E-state index in [2.05, 4.69) is 15.4 Å². The van der Waals surface area contributed by atoms with E-state index in [0.29, 0.717) is 22.3 Å². The number of nitrogens with two attached hydrogens (primary N) is 1. The average molecular weight is 393 g/mol. The molecule has 0 spiro atoms. The van der Waals surface area contributed by atoms with Crippen LogP contribution < -0.4 is 11.1 Å². The number of hydrogen-bond donors (Lipinski definition) is 2. The number of carbonyl (C=O) groups is 1. The summed E-state index contributed by atoms with van der Waals surface area (Å²) in [6.45, 7) is 1.87. The van der Waals surface area contributed by atoms with Gasteiger partial charge in [-0.2, -0.15) is 0 Å². The van der Waals surface area contributed by atoms with Crippen LogP contribution in [0.15, 0.2) is 36.7 Å². The fourth-order valence-electron chi connectivity index (χ4n) is 2.52. The van der Waals surface area contributed by atoms with Gasteiger partial charge in [0.1, 0.15) is 5.82 Å². The molecule has 2 heterocycles. The summed E-state index contributed by atoms with van der Waals surface area (Å²) in [7, 11) is 1.86. The highest BCUT2D eigenvalue weighted by Gasteiger charge is 2.18. The lowest BCUT2D eigenvalue weighted by Gasteiger charge is -2.10. The molecule has 0 aliphatic heterocycles. The van der Waals surface area contributed by atoms with E-state index in [9.17, 15) is 4.79 Å². The smallest absolute Gasteiger partial charge is 0.242 e. The van der Waals surface area contributed by atoms with Crippen LogP contribution in [-0.4, -0.2) is 31.3 Å². The molecule has 9 heteroatoms. The van der Waals surface area contributed by atoms with Crippen molar-refractivity contribution < 1.29 is 4.79 Å². The molecule has 7 nitrogen and oxygen atoms in total. The number of benzene rings is 1. The van der Waals surface area contributed by atoms with E-state index in [1.807, 2.05) is 24.7 Å². The summed E-state index contributed by atoms with van der Waals surface area (Å²) < 4.78 is 3.50. The van der Waals surface area contributed by atoms with Crippen LogP contribution in [0.25, 0.3) is 5.69 Å². The van der Waals surface area contributed by atoms with Gasteiger partial charge >= 0.3 is 0 Å². The van der Waals surface area contributed by atoms with E-state index in [4.69, 9.17) is 28.9 Å². The summed E-state index contributed by atoms with van der Waals surface area (Å²) in [6, 6.07) is 6.23. The molecule has 0 saturated heterocycles. The van der Waals surface area contributed by atoms with Gasteiger partial charge in [-0.3, -0.25) is 4.79 Å². The Labute approximate surface area is 160 Å². The van der Waals surface area contributed by atoms with Crippen LogP contribution in [0, 0.1) is 6.92 Å². The zero-order valence-corrected chi connectivity index (χ0v) is 15.8. The first-order valence-corrected chi connectivity index (χ1v) is 8.65. The van der Waals surface area contributed by atoms with Crippen molar-refractivity contribution in [2.45, 2.75) is 19.4 Å². The van der Waals surface area contributed by atoms with Gasteiger partial charge < -0.3 is 15.6 Å². The largest absolute Gasteiger partial charge is 0.338 e. The van der Waals surface area contributed by atoms with E-state index >= 15 is 0 Å². The number of carbonyl (C=O) groups excluding carboxylic acids is 1. The van der Waals surface area contributed by atoms with Crippen molar-refractivity contribution in [3.8, 4) is 5.69 Å². The Morgan fingerprint density at radius 2 is 2.08 bits per heavy atom. The number of anilines is 1. The Kier molecular flexibility index (Phi) is 5.31. The van der Waals surface area contributed by atoms with Gasteiger partial charge in [-0.15, -0.1) is 5.10 Å². The predicted octanol–water partition coefficient (Wildman–Crippen LogP) is 2.73. The van der Waals surface area contributed by atoms with E-state index < -0.39 is 6.04 Å². The maximum absolute atomic E-state index is 12.3. The molecule has 3 N–H and O–H groups in total. The van der Waals surface area contributed by atoms with Crippen LogP contribution in [0.1, 0.15) is 11.5 Å². The second kappa shape index (κ2) is 7.49. The van der Waals surface area contributed by atoms with Crippen molar-refractivity contribution >= 4 is 34.9 Å². The fraction of sp³-hybridized carbons (Fsp3) is 0.235. The minimum absolute atomic E-state index is 0.327. The molecule has 3 rings (SSSR count). The van der Waals surface area contributed by atoms with E-state index in [-0.39, 0.29) is 5.91 Å². The molecule has 0 aliphatic rings. The van der Waals surface area contributed by atoms with Crippen LogP contribution in [0.2, 0.25) is 10.0 Å². The highest BCUT2D eigenvalue weighted by molar-refractivity contribution is 6.42. The molecule has 0 fully saturated rings. The Morgan fingerprint density at radius 1 is 1.31 bits per heavy atom. The van der Waals surface area contributed by atoms with Gasteiger partial charge in [0.2, 0.25) is 5.91 Å². The minimum atomic E-state index is -0.730. The van der Waals surface area contributed by atoms with E-state index in [1.54, 1.807) is 35.1 Å². The van der Waals surface area contributed by atoms with Gasteiger partial charge in [-0.05, 0) is 25.1 Å². The topological polar surface area (TPSA) is 90.8 Å². The van der Waals surface area contributed by atoms with Crippen LogP contribution in [-0.2, 0) is 18.3 Å². The third-order valence-electron chi connectivity index (χ3n) is 3.95. The van der Waals surface area contributed by atoms with Gasteiger partial charge in [0, 0.05) is 37.6 Å². The van der Waals surface area contributed by atoms with Crippen molar-refractivity contribution in [2.24, 2.45) is 12.8 Å². The molecule has 0 radical (unpaired) electrons. The SMILES string of the molecule is Cc1cc(NC(=O)C(N)Cc2nccn2C)nn1-c1ccc(Cl)c(Cl)c1. The number of halogens is 2. The van der Waals surface area contributed by atoms with Crippen LogP contribution in [0.3, 0.4) is 0 Å². The lowest BCUT2D eigenvalue weighted by atomic mass is 10.2. The first-order chi connectivity index (χ1) is 12.3. The van der Waals surface area contributed by atoms with Gasteiger partial charge in [0.05, 0.1) is 21.8 Å². The van der Waals surface area contributed by atoms with Crippen molar-refractivity contribution in [1.29, 1.82) is 0 Å². The molecule has 1 aromatic carbocycles. The lowest BCUT2D eigenvalue weighted by Crippen LogP contribution is -2.38. The highest BCUT2D eigenvalue weighted by atomic mass is 35.5. The third kappa shape index (κ3) is 3.90. The number of imidazole rings is 1. The summed E-state index contributed by atoms with van der Waals surface area (Å²) in [5.41, 5.74) is 7.56. The predicted molar refractivity (Wildman–Crippen MR) is 102 cm³/mol. The molecule has 1 atom stereocenters. The molecule has 1 unspecified atom stereocenters. The van der Waals surface area contributed by atoms with Gasteiger partial charge in [0.25, 0.3) is 0 Å². The fourth-order valence-corrected chi connectivity index (χ4v) is 2.81. The quantitative estimate of drug-likeness (QED) is 0.698. The second-order valence-corrected chi connectivity index (χ2v) is 6.75. The zero-order valence-electron chi connectivity index (χ0n) is 14.3. The molecule has 136 valence electrons. The zero-order chi connectivity index (χ0) is 18.8. The molecule has 26 heavy (non-hydrogen) atoms. The highest BCUT2D eigenvalue weighted by Crippen LogP contribution is 2.25. The van der Waals surface area contributed by atoms with Crippen LogP contribution >= 0.6 is 23.2 Å². The number of rotatable bonds is 5. The van der Waals surface area contributed by atoms with E-state index in [1.165, 1.54) is 0 Å². The molecule has 3 aromatic rings. The number of aromatic nitrogens is 4. The summed E-state index contributed by atoms with van der Waals surface area (Å²) in [6.07, 6.45) is 3.81. The molecule has 0 saturated carbocycles. The Hall–Kier alpha value is -2.35. The molecular weight excluding hydrogens is 375 g/mol. The normalized spacial score (nSPS) is 12.2. The number of nitrogens with zero attached hydrogens (tertiary/aromatic N) is 4. The Morgan fingerprint density at radius 3 is 2.73 bits per heavy atom. The molecular formula is C17H18Cl2N6O. The van der Waals surface area contributed by atoms with Gasteiger partial charge in [0.15, 0.2) is 5.82 Å². The van der Waals surface area contributed by atoms with Crippen molar-refractivity contribution in [2.75, 3.05) is 5.32 Å². The molecule has 1 amide bonds. The second-order valence-electron chi connectivity index (χ2n) is 5.94. The first kappa shape index (κ1) is 18.4. The number of aryl methyl sites for hydroxylation is 2. The molecule has 2 aromatic heterocycles. The maximum atomic E-state index is 12.3. The van der Waals surface area contributed by atoms with Crippen molar-refractivity contribution in [1.82, 2.24) is 19.3 Å². The Balaban J connectivity index is 1.73. The Bertz CT molecular complexity index is 949.